The fourth-order valence-corrected chi connectivity index (χ4v) is 1.70. The predicted molar refractivity (Wildman–Crippen MR) is 69.3 cm³/mol. The second-order valence-corrected chi connectivity index (χ2v) is 4.45. The van der Waals surface area contributed by atoms with Crippen molar-refractivity contribution in [3.8, 4) is 5.75 Å². The average molecular weight is 296 g/mol. The molecule has 0 spiro atoms. The highest BCUT2D eigenvalue weighted by Crippen LogP contribution is 2.25. The van der Waals surface area contributed by atoms with Gasteiger partial charge in [0.2, 0.25) is 0 Å². The summed E-state index contributed by atoms with van der Waals surface area (Å²) in [7, 11) is 0. The van der Waals surface area contributed by atoms with Gasteiger partial charge in [-0.2, -0.15) is 0 Å². The molecule has 2 aromatic rings. The summed E-state index contributed by atoms with van der Waals surface area (Å²) in [4.78, 5) is 0. The fourth-order valence-electron chi connectivity index (χ4n) is 1.34. The van der Waals surface area contributed by atoms with E-state index in [1.165, 1.54) is 12.1 Å². The zero-order valence-electron chi connectivity index (χ0n) is 8.99. The normalized spacial score (nSPS) is 10.2. The van der Waals surface area contributed by atoms with E-state index in [1.54, 1.807) is 30.3 Å². The summed E-state index contributed by atoms with van der Waals surface area (Å²) in [5.41, 5.74) is 7.25. The number of halogens is 2. The van der Waals surface area contributed by atoms with Crippen LogP contribution < -0.4 is 10.5 Å². The molecule has 0 unspecified atom stereocenters. The maximum atomic E-state index is 12.7. The van der Waals surface area contributed by atoms with Crippen molar-refractivity contribution >= 4 is 21.6 Å². The molecule has 0 amide bonds. The Hall–Kier alpha value is -1.55. The van der Waals surface area contributed by atoms with Crippen molar-refractivity contribution in [3.63, 3.8) is 0 Å². The lowest BCUT2D eigenvalue weighted by molar-refractivity contribution is 0.306. The number of hydrogen-bond donors (Lipinski definition) is 1. The first kappa shape index (κ1) is 11.9. The van der Waals surface area contributed by atoms with Crippen molar-refractivity contribution < 1.29 is 9.13 Å². The highest BCUT2D eigenvalue weighted by Gasteiger charge is 2.00. The van der Waals surface area contributed by atoms with Gasteiger partial charge in [0.25, 0.3) is 0 Å². The van der Waals surface area contributed by atoms with Crippen molar-refractivity contribution in [1.29, 1.82) is 0 Å². The van der Waals surface area contributed by atoms with E-state index in [1.807, 2.05) is 0 Å². The van der Waals surface area contributed by atoms with Gasteiger partial charge in [-0.15, -0.1) is 0 Å². The van der Waals surface area contributed by atoms with Crippen LogP contribution in [-0.2, 0) is 6.61 Å². The van der Waals surface area contributed by atoms with Crippen molar-refractivity contribution in [3.05, 3.63) is 58.3 Å². The van der Waals surface area contributed by atoms with Crippen molar-refractivity contribution in [2.75, 3.05) is 5.73 Å². The van der Waals surface area contributed by atoms with Gasteiger partial charge in [0, 0.05) is 10.2 Å². The summed E-state index contributed by atoms with van der Waals surface area (Å²) in [6, 6.07) is 11.6. The topological polar surface area (TPSA) is 35.2 Å². The van der Waals surface area contributed by atoms with Crippen LogP contribution in [0.25, 0.3) is 0 Å². The third-order valence-electron chi connectivity index (χ3n) is 2.29. The number of anilines is 1. The minimum Gasteiger partial charge on any atom is -0.489 e. The molecule has 0 aliphatic rings. The van der Waals surface area contributed by atoms with Crippen LogP contribution in [0.5, 0.6) is 5.75 Å². The molecule has 88 valence electrons. The lowest BCUT2D eigenvalue weighted by atomic mass is 10.2. The van der Waals surface area contributed by atoms with Crippen LogP contribution >= 0.6 is 15.9 Å². The van der Waals surface area contributed by atoms with Gasteiger partial charge in [0.05, 0.1) is 0 Å². The van der Waals surface area contributed by atoms with Crippen LogP contribution in [0, 0.1) is 5.82 Å². The monoisotopic (exact) mass is 295 g/mol. The molecule has 17 heavy (non-hydrogen) atoms. The molecule has 0 heterocycles. The van der Waals surface area contributed by atoms with Gasteiger partial charge in [-0.3, -0.25) is 0 Å². The number of rotatable bonds is 3. The maximum absolute atomic E-state index is 12.7. The molecule has 2 aromatic carbocycles. The Morgan fingerprint density at radius 2 is 1.82 bits per heavy atom. The molecule has 2 rings (SSSR count). The van der Waals surface area contributed by atoms with E-state index >= 15 is 0 Å². The number of ether oxygens (including phenoxy) is 1. The van der Waals surface area contributed by atoms with Crippen LogP contribution in [-0.4, -0.2) is 0 Å². The Morgan fingerprint density at radius 3 is 2.47 bits per heavy atom. The zero-order chi connectivity index (χ0) is 12.3. The number of benzene rings is 2. The summed E-state index contributed by atoms with van der Waals surface area (Å²) in [5, 5.41) is 0. The van der Waals surface area contributed by atoms with E-state index in [0.29, 0.717) is 12.3 Å². The molecule has 2 N–H and O–H groups in total. The Morgan fingerprint density at radius 1 is 1.12 bits per heavy atom. The predicted octanol–water partition coefficient (Wildman–Crippen LogP) is 3.75. The minimum absolute atomic E-state index is 0.246. The molecule has 0 fully saturated rings. The van der Waals surface area contributed by atoms with E-state index in [2.05, 4.69) is 15.9 Å². The summed E-state index contributed by atoms with van der Waals surface area (Å²) in [6.45, 7) is 0.399. The number of hydrogen-bond acceptors (Lipinski definition) is 2. The molecule has 0 bridgehead atoms. The SMILES string of the molecule is Nc1ccc(OCc2ccc(F)cc2)cc1Br. The van der Waals surface area contributed by atoms with Crippen LogP contribution in [0.2, 0.25) is 0 Å². The van der Waals surface area contributed by atoms with Gasteiger partial charge in [0.15, 0.2) is 0 Å². The highest BCUT2D eigenvalue weighted by molar-refractivity contribution is 9.10. The van der Waals surface area contributed by atoms with Crippen molar-refractivity contribution in [1.82, 2.24) is 0 Å². The highest BCUT2D eigenvalue weighted by atomic mass is 79.9. The second kappa shape index (κ2) is 5.19. The Kier molecular flexibility index (Phi) is 3.64. The first-order valence-corrected chi connectivity index (χ1v) is 5.87. The van der Waals surface area contributed by atoms with E-state index in [-0.39, 0.29) is 5.82 Å². The molecule has 0 saturated heterocycles. The molecule has 0 radical (unpaired) electrons. The summed E-state index contributed by atoms with van der Waals surface area (Å²) >= 11 is 3.33. The number of nitrogens with two attached hydrogens (primary N) is 1. The quantitative estimate of drug-likeness (QED) is 0.875. The van der Waals surface area contributed by atoms with Gasteiger partial charge >= 0.3 is 0 Å². The Balaban J connectivity index is 2.02. The fraction of sp³-hybridized carbons (Fsp3) is 0.0769. The maximum Gasteiger partial charge on any atom is 0.123 e. The van der Waals surface area contributed by atoms with E-state index in [0.717, 1.165) is 15.8 Å². The summed E-state index contributed by atoms with van der Waals surface area (Å²) < 4.78 is 19.0. The van der Waals surface area contributed by atoms with Gasteiger partial charge in [-0.05, 0) is 51.8 Å². The van der Waals surface area contributed by atoms with Crippen LogP contribution in [0.4, 0.5) is 10.1 Å². The summed E-state index contributed by atoms with van der Waals surface area (Å²) in [6.07, 6.45) is 0. The van der Waals surface area contributed by atoms with E-state index in [4.69, 9.17) is 10.5 Å². The molecule has 2 nitrogen and oxygen atoms in total. The van der Waals surface area contributed by atoms with Crippen molar-refractivity contribution in [2.24, 2.45) is 0 Å². The molecule has 0 aromatic heterocycles. The first-order chi connectivity index (χ1) is 8.15. The molecular formula is C13H11BrFNO. The molecule has 0 aliphatic heterocycles. The van der Waals surface area contributed by atoms with Gasteiger partial charge in [-0.25, -0.2) is 4.39 Å². The van der Waals surface area contributed by atoms with Gasteiger partial charge < -0.3 is 10.5 Å². The van der Waals surface area contributed by atoms with E-state index in [9.17, 15) is 4.39 Å². The van der Waals surface area contributed by atoms with Crippen LogP contribution in [0.3, 0.4) is 0 Å². The van der Waals surface area contributed by atoms with E-state index < -0.39 is 0 Å². The van der Waals surface area contributed by atoms with Crippen LogP contribution in [0.1, 0.15) is 5.56 Å². The first-order valence-electron chi connectivity index (χ1n) is 5.07. The lowest BCUT2D eigenvalue weighted by Gasteiger charge is -2.07. The van der Waals surface area contributed by atoms with Crippen molar-refractivity contribution in [2.45, 2.75) is 6.61 Å². The standard InChI is InChI=1S/C13H11BrFNO/c14-12-7-11(5-6-13(12)16)17-8-9-1-3-10(15)4-2-9/h1-7H,8,16H2. The van der Waals surface area contributed by atoms with Crippen LogP contribution in [0.15, 0.2) is 46.9 Å². The van der Waals surface area contributed by atoms with Gasteiger partial charge in [0.1, 0.15) is 18.2 Å². The third-order valence-corrected chi connectivity index (χ3v) is 2.98. The molecule has 0 atom stereocenters. The largest absolute Gasteiger partial charge is 0.489 e. The minimum atomic E-state index is -0.246. The number of nitrogen functional groups attached to an aromatic ring is 1. The lowest BCUT2D eigenvalue weighted by Crippen LogP contribution is -1.96. The van der Waals surface area contributed by atoms with Gasteiger partial charge in [-0.1, -0.05) is 12.1 Å². The Bertz CT molecular complexity index is 513. The molecule has 4 heteroatoms. The smallest absolute Gasteiger partial charge is 0.123 e. The third kappa shape index (κ3) is 3.20. The average Bonchev–Trinajstić information content (AvgIpc) is 2.33. The second-order valence-electron chi connectivity index (χ2n) is 3.60. The molecular weight excluding hydrogens is 285 g/mol. The zero-order valence-corrected chi connectivity index (χ0v) is 10.6. The molecule has 0 aliphatic carbocycles. The molecule has 0 saturated carbocycles. The summed E-state index contributed by atoms with van der Waals surface area (Å²) in [5.74, 6) is 0.472. The Labute approximate surface area is 107 Å².